The average molecular weight is 1020 g/mol. The van der Waals surface area contributed by atoms with Gasteiger partial charge in [-0.25, -0.2) is 0 Å². The summed E-state index contributed by atoms with van der Waals surface area (Å²) >= 11 is 0. The van der Waals surface area contributed by atoms with Crippen LogP contribution in [0.2, 0.25) is 0 Å². The van der Waals surface area contributed by atoms with Crippen LogP contribution in [-0.2, 0) is 31.5 Å². The topological polar surface area (TPSA) is 154 Å². The van der Waals surface area contributed by atoms with Crippen molar-refractivity contribution in [1.82, 2.24) is 9.80 Å². The highest BCUT2D eigenvalue weighted by molar-refractivity contribution is 6.07. The highest BCUT2D eigenvalue weighted by Crippen LogP contribution is 2.47. The van der Waals surface area contributed by atoms with Gasteiger partial charge < -0.3 is 34.2 Å². The van der Waals surface area contributed by atoms with Gasteiger partial charge in [-0.15, -0.1) is 0 Å². The molecule has 0 unspecified atom stereocenters. The number of aliphatic carboxylic acids is 1. The minimum atomic E-state index is -4.84. The summed E-state index contributed by atoms with van der Waals surface area (Å²) in [4.78, 5) is 83.4. The van der Waals surface area contributed by atoms with Crippen LogP contribution in [0.15, 0.2) is 24.3 Å². The van der Waals surface area contributed by atoms with Crippen molar-refractivity contribution in [2.24, 2.45) is 11.8 Å². The van der Waals surface area contributed by atoms with Gasteiger partial charge in [0.15, 0.2) is 11.2 Å². The van der Waals surface area contributed by atoms with Gasteiger partial charge in [0.25, 0.3) is 23.6 Å². The van der Waals surface area contributed by atoms with Crippen molar-refractivity contribution in [2.45, 2.75) is 201 Å². The lowest BCUT2D eigenvalue weighted by Gasteiger charge is -2.41. The number of hydrogen-bond donors (Lipinski definition) is 1. The molecular formula is C53H72F6N4O9. The number of nitrogens with zero attached hydrogens (tertiary/aromatic N) is 4. The summed E-state index contributed by atoms with van der Waals surface area (Å²) < 4.78 is 96.8. The van der Waals surface area contributed by atoms with Crippen LogP contribution in [0.5, 0.6) is 11.5 Å². The van der Waals surface area contributed by atoms with Crippen LogP contribution in [0.1, 0.15) is 185 Å². The number of ether oxygens (including phenoxy) is 2. The number of anilines is 2. The van der Waals surface area contributed by atoms with E-state index in [9.17, 15) is 60.2 Å². The molecule has 19 heteroatoms. The second kappa shape index (κ2) is 22.4. The lowest BCUT2D eigenvalue weighted by atomic mass is 9.91. The highest BCUT2D eigenvalue weighted by atomic mass is 19.4. The molecule has 0 bridgehead atoms. The van der Waals surface area contributed by atoms with E-state index in [0.29, 0.717) is 25.7 Å². The van der Waals surface area contributed by atoms with E-state index in [1.165, 1.54) is 44.4 Å². The fraction of sp³-hybridized carbons (Fsp3) is 0.660. The Morgan fingerprint density at radius 2 is 0.972 bits per heavy atom. The van der Waals surface area contributed by atoms with Gasteiger partial charge in [-0.05, 0) is 112 Å². The second-order valence-corrected chi connectivity index (χ2v) is 21.3. The van der Waals surface area contributed by atoms with Gasteiger partial charge >= 0.3 is 18.3 Å². The van der Waals surface area contributed by atoms with Crippen LogP contribution in [0, 0.1) is 11.8 Å². The zero-order valence-corrected chi connectivity index (χ0v) is 43.4. The summed E-state index contributed by atoms with van der Waals surface area (Å²) in [6.07, 6.45) is -0.0168. The van der Waals surface area contributed by atoms with Crippen LogP contribution < -0.4 is 19.3 Å². The molecule has 2 aliphatic carbocycles. The van der Waals surface area contributed by atoms with Gasteiger partial charge in [-0.1, -0.05) is 59.3 Å². The minimum Gasteiger partial charge on any atom is -0.481 e. The fourth-order valence-electron chi connectivity index (χ4n) is 10.3. The third kappa shape index (κ3) is 12.7. The van der Waals surface area contributed by atoms with Crippen molar-refractivity contribution < 1.29 is 69.7 Å². The third-order valence-corrected chi connectivity index (χ3v) is 14.0. The Bertz CT molecular complexity index is 2350. The second-order valence-electron chi connectivity index (χ2n) is 21.3. The summed E-state index contributed by atoms with van der Waals surface area (Å²) in [5, 5.41) is 9.37. The first-order valence-corrected chi connectivity index (χ1v) is 25.3. The van der Waals surface area contributed by atoms with Crippen LogP contribution in [0.4, 0.5) is 37.7 Å². The quantitative estimate of drug-likeness (QED) is 0.182. The monoisotopic (exact) mass is 1020 g/mol. The van der Waals surface area contributed by atoms with E-state index in [-0.39, 0.29) is 65.9 Å². The largest absolute Gasteiger partial charge is 0.481 e. The first kappa shape index (κ1) is 57.5. The molecule has 72 heavy (non-hydrogen) atoms. The summed E-state index contributed by atoms with van der Waals surface area (Å²) in [5.74, 6) is -5.58. The predicted molar refractivity (Wildman–Crippen MR) is 259 cm³/mol. The molecule has 2 aromatic rings. The van der Waals surface area contributed by atoms with Crippen LogP contribution in [0.25, 0.3) is 0 Å². The van der Waals surface area contributed by atoms with E-state index in [1.807, 2.05) is 6.92 Å². The first-order chi connectivity index (χ1) is 33.3. The molecule has 2 heterocycles. The molecule has 1 N–H and O–H groups in total. The van der Waals surface area contributed by atoms with E-state index < -0.39 is 87.2 Å². The first-order valence-electron chi connectivity index (χ1n) is 25.3. The smallest absolute Gasteiger partial charge is 0.417 e. The Balaban J connectivity index is 0.000000268. The molecule has 2 fully saturated rings. The molecule has 2 atom stereocenters. The maximum atomic E-state index is 14.3. The summed E-state index contributed by atoms with van der Waals surface area (Å²) in [5.41, 5.74) is -6.18. The number of carboxylic acid groups (broad SMARTS) is 1. The summed E-state index contributed by atoms with van der Waals surface area (Å²) in [6, 6.07) is 2.83. The van der Waals surface area contributed by atoms with Gasteiger partial charge in [-0.2, -0.15) is 26.3 Å². The number of alkyl halides is 6. The van der Waals surface area contributed by atoms with Gasteiger partial charge in [0.2, 0.25) is 0 Å². The molecule has 13 nitrogen and oxygen atoms in total. The maximum absolute atomic E-state index is 14.3. The SMILES string of the molecule is CC(C)N(C(=O)c1cc2c(cc1C(F)(F)F)OC(C)(C)C(=O)N2C[C@H](C)C(=O)O)C1CCCCC1.CCCC(=O)[C@@H](C)CN1C(=O)C(C)(C)Oc2cc(C(F)(F)F)c(C(=O)N(C(C)C)C3CCCCC3)cc21. The predicted octanol–water partition coefficient (Wildman–Crippen LogP) is 11.5. The van der Waals surface area contributed by atoms with Crippen molar-refractivity contribution in [2.75, 3.05) is 22.9 Å². The number of hydrogen-bond acceptors (Lipinski definition) is 8. The molecule has 4 amide bonds. The Kier molecular flexibility index (Phi) is 17.9. The van der Waals surface area contributed by atoms with Gasteiger partial charge in [0.05, 0.1) is 39.5 Å². The van der Waals surface area contributed by atoms with Crippen molar-refractivity contribution in [3.63, 3.8) is 0 Å². The number of carboxylic acids is 1. The van der Waals surface area contributed by atoms with Crippen LogP contribution in [0.3, 0.4) is 0 Å². The zero-order chi connectivity index (χ0) is 54.0. The molecule has 400 valence electrons. The van der Waals surface area contributed by atoms with E-state index >= 15 is 0 Å². The standard InChI is InChI=1S/C28H39F3N2O4.C25H33F3N2O5/c1-7-11-23(34)18(4)16-32-22-14-20(25(35)33(17(2)3)19-12-9-8-10-13-19)21(28(29,30)31)15-24(22)37-27(5,6)26(32)36;1-14(2)30(16-9-7-6-8-10-16)21(31)17-11-19-20(12-18(17)25(26,27)28)35-24(4,5)23(34)29(19)13-15(3)22(32)33/h14-15,17-19H,7-13,16H2,1-6H3;11-12,14-16H,6-10,13H2,1-5H3,(H,32,33)/t18-;15-/m00/s1. The number of Topliss-reactive ketones (excluding diaryl/α,β-unsaturated/α-hetero) is 1. The van der Waals surface area contributed by atoms with E-state index in [2.05, 4.69) is 0 Å². The van der Waals surface area contributed by atoms with Crippen LogP contribution in [-0.4, -0.2) is 98.7 Å². The molecule has 6 rings (SSSR count). The zero-order valence-electron chi connectivity index (χ0n) is 43.4. The maximum Gasteiger partial charge on any atom is 0.417 e. The molecule has 2 aromatic carbocycles. The Morgan fingerprint density at radius 1 is 0.625 bits per heavy atom. The molecule has 0 saturated heterocycles. The number of carbonyl (C=O) groups excluding carboxylic acids is 5. The third-order valence-electron chi connectivity index (χ3n) is 14.0. The Labute approximate surface area is 418 Å². The fourth-order valence-corrected chi connectivity index (χ4v) is 10.3. The van der Waals surface area contributed by atoms with Crippen molar-refractivity contribution in [3.8, 4) is 11.5 Å². The number of benzene rings is 2. The van der Waals surface area contributed by atoms with Crippen molar-refractivity contribution in [3.05, 3.63) is 46.5 Å². The molecule has 0 spiro atoms. The molecule has 2 saturated carbocycles. The van der Waals surface area contributed by atoms with Gasteiger partial charge in [0, 0.05) is 49.6 Å². The molecular weight excluding hydrogens is 951 g/mol. The number of carbonyl (C=O) groups is 6. The number of ketones is 1. The molecule has 0 aromatic heterocycles. The van der Waals surface area contributed by atoms with Gasteiger partial charge in [0.1, 0.15) is 17.3 Å². The van der Waals surface area contributed by atoms with E-state index in [0.717, 1.165) is 80.5 Å². The van der Waals surface area contributed by atoms with Crippen LogP contribution >= 0.6 is 0 Å². The van der Waals surface area contributed by atoms with Crippen molar-refractivity contribution >= 4 is 46.8 Å². The summed E-state index contributed by atoms with van der Waals surface area (Å²) in [6.45, 7) is 17.6. The lowest BCUT2D eigenvalue weighted by Crippen LogP contribution is -2.54. The molecule has 0 radical (unpaired) electrons. The molecule has 4 aliphatic rings. The minimum absolute atomic E-state index is 0.00697. The Morgan fingerprint density at radius 3 is 1.28 bits per heavy atom. The average Bonchev–Trinajstić information content (AvgIpc) is 3.28. The molecule has 2 aliphatic heterocycles. The van der Waals surface area contributed by atoms with E-state index in [1.54, 1.807) is 39.5 Å². The Hall–Kier alpha value is -5.36. The number of rotatable bonds is 14. The van der Waals surface area contributed by atoms with Crippen molar-refractivity contribution in [1.29, 1.82) is 0 Å². The summed E-state index contributed by atoms with van der Waals surface area (Å²) in [7, 11) is 0. The highest BCUT2D eigenvalue weighted by Gasteiger charge is 2.48. The van der Waals surface area contributed by atoms with Gasteiger partial charge in [-0.3, -0.25) is 28.8 Å². The number of amides is 4. The number of halogens is 6. The van der Waals surface area contributed by atoms with E-state index in [4.69, 9.17) is 9.47 Å². The lowest BCUT2D eigenvalue weighted by molar-refractivity contribution is -0.141. The number of fused-ring (bicyclic) bond motifs is 2. The normalized spacial score (nSPS) is 19.0.